The summed E-state index contributed by atoms with van der Waals surface area (Å²) in [4.78, 5) is 71.9. The molecule has 48 nitrogen and oxygen atoms in total. The van der Waals surface area contributed by atoms with Gasteiger partial charge in [0, 0.05) is 90.8 Å². The molecule has 0 aliphatic carbocycles. The van der Waals surface area contributed by atoms with Crippen LogP contribution in [0.15, 0.2) is 18.3 Å². The van der Waals surface area contributed by atoms with Gasteiger partial charge in [0.1, 0.15) is 170 Å². The first kappa shape index (κ1) is 122. The number of ether oxygens (including phenoxy) is 12. The van der Waals surface area contributed by atoms with Crippen LogP contribution in [0.4, 0.5) is 0 Å². The van der Waals surface area contributed by atoms with Crippen molar-refractivity contribution in [1.82, 2.24) is 10.3 Å². The normalized spacial score (nSPS) is 34.1. The highest BCUT2D eigenvalue weighted by Crippen LogP contribution is 2.29. The predicted octanol–water partition coefficient (Wildman–Crippen LogP) is -10.3. The molecule has 1 aromatic rings. The van der Waals surface area contributed by atoms with Gasteiger partial charge in [0.05, 0.1) is 70.1 Å². The Labute approximate surface area is 765 Å². The van der Waals surface area contributed by atoms with Gasteiger partial charge in [-0.15, -0.1) is 0 Å². The summed E-state index contributed by atoms with van der Waals surface area (Å²) in [5, 5.41) is 249. The number of aromatic amines is 1. The van der Waals surface area contributed by atoms with E-state index in [1.165, 1.54) is 6.92 Å². The van der Waals surface area contributed by atoms with E-state index in [9.17, 15) is 121 Å². The third kappa shape index (κ3) is 42.0. The second-order valence-corrected chi connectivity index (χ2v) is 33.6. The zero-order valence-corrected chi connectivity index (χ0v) is 75.3. The molecule has 7 saturated heterocycles. The number of hydrogen-bond acceptors (Lipinski definition) is 47. The minimum atomic E-state index is -1.47. The number of aromatic nitrogens is 1. The lowest BCUT2D eigenvalue weighted by Gasteiger charge is -2.39. The fourth-order valence-corrected chi connectivity index (χ4v) is 13.9. The van der Waals surface area contributed by atoms with Crippen LogP contribution in [0.2, 0.25) is 0 Å². The van der Waals surface area contributed by atoms with E-state index in [1.54, 1.807) is 25.3 Å². The molecule has 0 radical (unpaired) electrons. The number of nitrogens with one attached hydrogen (secondary N) is 2. The summed E-state index contributed by atoms with van der Waals surface area (Å²) >= 11 is 0. The minimum Gasteiger partial charge on any atom is -0.394 e. The molecule has 0 spiro atoms. The van der Waals surface area contributed by atoms with Crippen molar-refractivity contribution >= 4 is 34.7 Å². The van der Waals surface area contributed by atoms with Gasteiger partial charge in [-0.25, -0.2) is 0 Å². The van der Waals surface area contributed by atoms with Crippen molar-refractivity contribution in [2.24, 2.45) is 17.4 Å². The fraction of sp³-hybridized carbons (Fsp3) is 0.881. The Balaban J connectivity index is 0.000000408. The van der Waals surface area contributed by atoms with Crippen LogP contribution in [0.1, 0.15) is 173 Å². The topological polar surface area (TPSA) is 819 Å². The van der Waals surface area contributed by atoms with Crippen molar-refractivity contribution in [2.75, 3.05) is 92.4 Å². The lowest BCUT2D eigenvalue weighted by Crippen LogP contribution is -2.59. The monoisotopic (exact) mass is 1920 g/mol. The number of hydrogen-bond donors (Lipinski definition) is 30. The highest BCUT2D eigenvalue weighted by atomic mass is 16.7. The van der Waals surface area contributed by atoms with Crippen molar-refractivity contribution < 1.29 is 218 Å². The molecule has 0 aromatic carbocycles. The first-order chi connectivity index (χ1) is 62.6. The van der Waals surface area contributed by atoms with Gasteiger partial charge in [-0.05, 0) is 128 Å². The van der Waals surface area contributed by atoms with E-state index in [2.05, 4.69) is 10.3 Å². The molecule has 34 atom stereocenters. The van der Waals surface area contributed by atoms with Gasteiger partial charge in [0.2, 0.25) is 0 Å². The summed E-state index contributed by atoms with van der Waals surface area (Å²) in [7, 11) is 0. The highest BCUT2D eigenvalue weighted by molar-refractivity contribution is 5.94. The van der Waals surface area contributed by atoms with Gasteiger partial charge in [-0.1, -0.05) is 13.8 Å². The van der Waals surface area contributed by atoms with Crippen molar-refractivity contribution in [2.45, 2.75) is 371 Å². The van der Waals surface area contributed by atoms with E-state index in [0.29, 0.717) is 121 Å². The van der Waals surface area contributed by atoms with Crippen LogP contribution >= 0.6 is 0 Å². The van der Waals surface area contributed by atoms with Crippen LogP contribution < -0.4 is 16.8 Å². The van der Waals surface area contributed by atoms with Crippen LogP contribution in [-0.4, -0.2) is 473 Å². The zero-order chi connectivity index (χ0) is 99.0. The molecule has 0 amide bonds. The van der Waals surface area contributed by atoms with E-state index >= 15 is 0 Å². The minimum absolute atomic E-state index is 0.0126. The average molecular weight is 1920 g/mol. The number of aliphatic hydroxyl groups excluding tert-OH is 26. The Bertz CT molecular complexity index is 3160. The first-order valence-electron chi connectivity index (χ1n) is 45.0. The summed E-state index contributed by atoms with van der Waals surface area (Å²) in [6.45, 7) is 5.88. The summed E-state index contributed by atoms with van der Waals surface area (Å²) < 4.78 is 63.0. The van der Waals surface area contributed by atoms with Gasteiger partial charge in [-0.3, -0.25) is 28.8 Å². The number of nitrogens with two attached hydrogens (primary N) is 2. The molecule has 48 heteroatoms. The van der Waals surface area contributed by atoms with E-state index in [0.717, 1.165) is 19.4 Å². The Morgan fingerprint density at radius 3 is 0.902 bits per heavy atom. The van der Waals surface area contributed by atoms with E-state index in [4.69, 9.17) is 109 Å². The van der Waals surface area contributed by atoms with Crippen LogP contribution in [0.5, 0.6) is 0 Å². The molecular formula is C84H152N4O44. The number of aliphatic hydroxyl groups is 26. The Kier molecular flexibility index (Phi) is 61.2. The molecule has 7 fully saturated rings. The highest BCUT2D eigenvalue weighted by Gasteiger charge is 2.50. The van der Waals surface area contributed by atoms with Gasteiger partial charge in [0.25, 0.3) is 0 Å². The number of Topliss-reactive ketones (excluding diaryl/α,β-unsaturated/α-hetero) is 6. The maximum absolute atomic E-state index is 11.9. The molecule has 0 saturated carbocycles. The van der Waals surface area contributed by atoms with Gasteiger partial charge < -0.3 is 211 Å². The number of carbonyl (C=O) groups excluding carboxylic acids is 6. The lowest BCUT2D eigenvalue weighted by molar-refractivity contribution is -0.301. The first-order valence-corrected chi connectivity index (χ1v) is 45.0. The van der Waals surface area contributed by atoms with Crippen LogP contribution in [0.3, 0.4) is 0 Å². The van der Waals surface area contributed by atoms with Gasteiger partial charge >= 0.3 is 0 Å². The van der Waals surface area contributed by atoms with E-state index in [-0.39, 0.29) is 99.8 Å². The number of carbonyl (C=O) groups is 6. The summed E-state index contributed by atoms with van der Waals surface area (Å²) in [5.41, 5.74) is 11.4. The quantitative estimate of drug-likeness (QED) is 0.0213. The number of ketones is 6. The van der Waals surface area contributed by atoms with Gasteiger partial charge in [0.15, 0.2) is 55.1 Å². The molecular weight excluding hydrogens is 1770 g/mol. The standard InChI is InChI=1S/C15H27NO7.C15H23NO7.C15H28O7.C13H25NO8.C13H25NO7.C13H24O8/c2*17-8-11-12(19)13(20)14(21)15(23-11)22-7-2-1-5-10(18)9-4-3-6-16-9;1-9(2)7-10(17)5-3-4-6-21-15-14(20)13(19)12(18)11(8-16)22-15;14-7(5-15)8(17)3-1-2-4-21-13-12(20)11(19)10(18)9(6-16)22-13;1-7(14)8(16)4-2-3-5-20-13-12(19)11(18)10(17)9(6-15)21-13;1-7(15)8(16)4-2-3-5-20-13-12(19)11(18)10(17)9(6-14)21-13/h9,11-17,19-21H,1-8H2;3-4,6,11-17,19-21H,1-2,5,7-8H2;9,11-16,18-20H,3-8H2,1-2H3;7,9-13,15-16,18-20H,1-6,14H2;7,9-13,15,17-19H,2-6,14H2,1H3;7,9-15,17-19H,2-6H2,1H3/t;;;7-,9?,10?,11?,12?,13?;;7-,9?,10?,11?,12?,13?/m...0.0/s1. The maximum atomic E-state index is 11.9. The molecule has 1 aromatic heterocycles. The molecule has 8 heterocycles. The molecule has 32 unspecified atom stereocenters. The zero-order valence-electron chi connectivity index (χ0n) is 75.3. The largest absolute Gasteiger partial charge is 0.394 e. The van der Waals surface area contributed by atoms with Crippen LogP contribution in [0.25, 0.3) is 0 Å². The van der Waals surface area contributed by atoms with Crippen molar-refractivity contribution in [1.29, 1.82) is 0 Å². The number of H-pyrrole nitrogens is 1. The number of unbranched alkanes of at least 4 members (excludes halogenated alkanes) is 6. The molecule has 8 rings (SSSR count). The molecule has 0 bridgehead atoms. The average Bonchev–Trinajstić information content (AvgIpc) is 1.09. The Morgan fingerprint density at radius 1 is 0.371 bits per heavy atom. The molecule has 7 aliphatic rings. The molecule has 772 valence electrons. The van der Waals surface area contributed by atoms with Crippen molar-refractivity contribution in [3.05, 3.63) is 24.0 Å². The van der Waals surface area contributed by atoms with Gasteiger partial charge in [-0.2, -0.15) is 0 Å². The van der Waals surface area contributed by atoms with Crippen molar-refractivity contribution in [3.8, 4) is 0 Å². The second kappa shape index (κ2) is 66.3. The van der Waals surface area contributed by atoms with Crippen molar-refractivity contribution in [3.63, 3.8) is 0 Å². The molecule has 7 aliphatic heterocycles. The molecule has 32 N–H and O–H groups in total. The molecule has 132 heavy (non-hydrogen) atoms. The smallest absolute Gasteiger partial charge is 0.186 e. The predicted molar refractivity (Wildman–Crippen MR) is 452 cm³/mol. The van der Waals surface area contributed by atoms with E-state index in [1.807, 2.05) is 13.8 Å². The summed E-state index contributed by atoms with van der Waals surface area (Å²) in [6.07, 6.45) is -25.8. The van der Waals surface area contributed by atoms with E-state index < -0.39 is 242 Å². The fourth-order valence-electron chi connectivity index (χ4n) is 13.9. The third-order valence-corrected chi connectivity index (χ3v) is 22.3. The summed E-state index contributed by atoms with van der Waals surface area (Å²) in [5.74, 6) is 0.305. The Morgan fingerprint density at radius 2 is 0.652 bits per heavy atom. The van der Waals surface area contributed by atoms with Crippen LogP contribution in [0, 0.1) is 5.92 Å². The summed E-state index contributed by atoms with van der Waals surface area (Å²) in [6, 6.07) is 2.12. The maximum Gasteiger partial charge on any atom is 0.186 e. The lowest BCUT2D eigenvalue weighted by atomic mass is 9.99. The SMILES string of the molecule is CC(C)CC(=O)CCCCOC1OC(CO)C(O)C(O)C1O.CC(N)C(=O)CCCCOC1OC(CO)C(O)C(O)C1O.C[C@H](O)C(=O)CCCCOC1OC(CO)C(O)C(O)C1O.N[C@@H](CO)C(=O)CCCCOC1OC(CO)C(O)C(O)C1O.O=C(CCCCOC1OC(CO)C(O)C(O)C1O)C1CCCN1.O=C(CCCCOC1OC(CO)C(O)C(O)C1O)c1ccc[nH]1. The third-order valence-electron chi connectivity index (χ3n) is 22.3. The second-order valence-electron chi connectivity index (χ2n) is 33.6. The number of rotatable bonds is 50. The van der Waals surface area contributed by atoms with Crippen LogP contribution in [-0.2, 0) is 80.8 Å². The Hall–Kier alpha value is -4.34.